The molecule has 162 valence electrons. The minimum Gasteiger partial charge on any atom is -0.493 e. The average molecular weight is 450 g/mol. The molecule has 0 heterocycles. The minimum absolute atomic E-state index is 0.112. The first-order chi connectivity index (χ1) is 14.8. The minimum atomic E-state index is -4.44. The summed E-state index contributed by atoms with van der Waals surface area (Å²) in [6, 6.07) is 16.1. The Bertz CT molecular complexity index is 1050. The van der Waals surface area contributed by atoms with Gasteiger partial charge in [0.15, 0.2) is 0 Å². The molecule has 3 aromatic carbocycles. The normalized spacial score (nSPS) is 11.1. The average Bonchev–Trinajstić information content (AvgIpc) is 2.74. The van der Waals surface area contributed by atoms with E-state index in [2.05, 4.69) is 5.32 Å². The third-order valence-electron chi connectivity index (χ3n) is 4.31. The van der Waals surface area contributed by atoms with E-state index < -0.39 is 17.6 Å². The van der Waals surface area contributed by atoms with Crippen molar-refractivity contribution in [2.24, 2.45) is 0 Å². The fourth-order valence-corrected chi connectivity index (χ4v) is 2.98. The van der Waals surface area contributed by atoms with E-state index in [4.69, 9.17) is 21.1 Å². The number of amides is 1. The van der Waals surface area contributed by atoms with Gasteiger partial charge in [-0.15, -0.1) is 0 Å². The van der Waals surface area contributed by atoms with Gasteiger partial charge in [-0.2, -0.15) is 13.2 Å². The molecule has 1 N–H and O–H groups in total. The lowest BCUT2D eigenvalue weighted by Crippen LogP contribution is -2.13. The molecule has 0 saturated heterocycles. The van der Waals surface area contributed by atoms with Gasteiger partial charge in [0, 0.05) is 16.8 Å². The molecule has 4 nitrogen and oxygen atoms in total. The summed E-state index contributed by atoms with van der Waals surface area (Å²) in [6.45, 7) is 2.38. The number of ether oxygens (including phenoxy) is 2. The van der Waals surface area contributed by atoms with Gasteiger partial charge in [-0.3, -0.25) is 4.79 Å². The lowest BCUT2D eigenvalue weighted by atomic mass is 10.1. The standard InChI is InChI=1S/C23H19ClF3NO3/c1-2-30-20-12-7-15(13-16(20)14-31-21-6-4-3-5-19(21)24)22(29)28-18-10-8-17(9-11-18)23(25,26)27/h3-13H,2,14H2,1H3,(H,28,29). The Morgan fingerprint density at radius 1 is 0.968 bits per heavy atom. The molecule has 0 aliphatic heterocycles. The number of benzene rings is 3. The molecule has 0 unspecified atom stereocenters. The lowest BCUT2D eigenvalue weighted by Gasteiger charge is -2.14. The van der Waals surface area contributed by atoms with Crippen molar-refractivity contribution in [2.75, 3.05) is 11.9 Å². The Morgan fingerprint density at radius 3 is 2.32 bits per heavy atom. The zero-order chi connectivity index (χ0) is 22.4. The zero-order valence-electron chi connectivity index (χ0n) is 16.5. The molecule has 0 fully saturated rings. The van der Waals surface area contributed by atoms with Crippen molar-refractivity contribution >= 4 is 23.2 Å². The quantitative estimate of drug-likeness (QED) is 0.442. The van der Waals surface area contributed by atoms with Crippen LogP contribution in [0.3, 0.4) is 0 Å². The molecule has 0 saturated carbocycles. The number of alkyl halides is 3. The molecular formula is C23H19ClF3NO3. The number of hydrogen-bond acceptors (Lipinski definition) is 3. The first kappa shape index (κ1) is 22.5. The van der Waals surface area contributed by atoms with Crippen molar-refractivity contribution < 1.29 is 27.4 Å². The molecule has 0 aromatic heterocycles. The number of carbonyl (C=O) groups excluding carboxylic acids is 1. The van der Waals surface area contributed by atoms with Crippen LogP contribution in [-0.4, -0.2) is 12.5 Å². The highest BCUT2D eigenvalue weighted by atomic mass is 35.5. The van der Waals surface area contributed by atoms with Gasteiger partial charge in [0.1, 0.15) is 18.1 Å². The Labute approximate surface area is 182 Å². The van der Waals surface area contributed by atoms with Crippen LogP contribution < -0.4 is 14.8 Å². The van der Waals surface area contributed by atoms with Gasteiger partial charge in [0.2, 0.25) is 0 Å². The van der Waals surface area contributed by atoms with Crippen LogP contribution in [0.1, 0.15) is 28.4 Å². The molecule has 1 amide bonds. The summed E-state index contributed by atoms with van der Waals surface area (Å²) in [5.74, 6) is 0.577. The Balaban J connectivity index is 1.77. The third-order valence-corrected chi connectivity index (χ3v) is 4.62. The smallest absolute Gasteiger partial charge is 0.416 e. The zero-order valence-corrected chi connectivity index (χ0v) is 17.3. The van der Waals surface area contributed by atoms with E-state index in [1.54, 1.807) is 42.5 Å². The van der Waals surface area contributed by atoms with Crippen molar-refractivity contribution in [1.82, 2.24) is 0 Å². The van der Waals surface area contributed by atoms with E-state index >= 15 is 0 Å². The Morgan fingerprint density at radius 2 is 1.68 bits per heavy atom. The number of anilines is 1. The predicted molar refractivity (Wildman–Crippen MR) is 113 cm³/mol. The fourth-order valence-electron chi connectivity index (χ4n) is 2.79. The topological polar surface area (TPSA) is 47.6 Å². The summed E-state index contributed by atoms with van der Waals surface area (Å²) >= 11 is 6.11. The molecule has 0 spiro atoms. The van der Waals surface area contributed by atoms with Gasteiger partial charge in [-0.05, 0) is 61.5 Å². The van der Waals surface area contributed by atoms with Crippen LogP contribution >= 0.6 is 11.6 Å². The van der Waals surface area contributed by atoms with E-state index in [1.807, 2.05) is 6.92 Å². The molecule has 3 rings (SSSR count). The van der Waals surface area contributed by atoms with Crippen molar-refractivity contribution in [3.63, 3.8) is 0 Å². The molecule has 0 radical (unpaired) electrons. The maximum atomic E-state index is 12.7. The number of carbonyl (C=O) groups is 1. The van der Waals surface area contributed by atoms with Crippen molar-refractivity contribution in [3.8, 4) is 11.5 Å². The molecule has 31 heavy (non-hydrogen) atoms. The number of halogens is 4. The Kier molecular flexibility index (Phi) is 7.07. The maximum Gasteiger partial charge on any atom is 0.416 e. The lowest BCUT2D eigenvalue weighted by molar-refractivity contribution is -0.137. The van der Waals surface area contributed by atoms with Crippen LogP contribution in [0.4, 0.5) is 18.9 Å². The third kappa shape index (κ3) is 5.92. The molecule has 0 atom stereocenters. The molecule has 8 heteroatoms. The van der Waals surface area contributed by atoms with E-state index in [1.165, 1.54) is 12.1 Å². The van der Waals surface area contributed by atoms with Gasteiger partial charge in [-0.1, -0.05) is 23.7 Å². The summed E-state index contributed by atoms with van der Waals surface area (Å²) in [7, 11) is 0. The highest BCUT2D eigenvalue weighted by Gasteiger charge is 2.30. The Hall–Kier alpha value is -3.19. The summed E-state index contributed by atoms with van der Waals surface area (Å²) < 4.78 is 49.4. The second-order valence-corrected chi connectivity index (χ2v) is 6.91. The van der Waals surface area contributed by atoms with Crippen molar-refractivity contribution in [3.05, 3.63) is 88.4 Å². The van der Waals surface area contributed by atoms with Crippen LogP contribution in [0.5, 0.6) is 11.5 Å². The van der Waals surface area contributed by atoms with Crippen LogP contribution in [0.25, 0.3) is 0 Å². The number of rotatable bonds is 7. The van der Waals surface area contributed by atoms with E-state index in [9.17, 15) is 18.0 Å². The maximum absolute atomic E-state index is 12.7. The predicted octanol–water partition coefficient (Wildman–Crippen LogP) is 6.59. The first-order valence-corrected chi connectivity index (χ1v) is 9.77. The largest absolute Gasteiger partial charge is 0.493 e. The SMILES string of the molecule is CCOc1ccc(C(=O)Nc2ccc(C(F)(F)F)cc2)cc1COc1ccccc1Cl. The van der Waals surface area contributed by atoms with Crippen molar-refractivity contribution in [2.45, 2.75) is 19.7 Å². The molecule has 0 aliphatic carbocycles. The van der Waals surface area contributed by atoms with Gasteiger partial charge < -0.3 is 14.8 Å². The second-order valence-electron chi connectivity index (χ2n) is 6.50. The number of nitrogens with one attached hydrogen (secondary N) is 1. The molecule has 0 bridgehead atoms. The van der Waals surface area contributed by atoms with Gasteiger partial charge in [0.25, 0.3) is 5.91 Å². The van der Waals surface area contributed by atoms with Gasteiger partial charge >= 0.3 is 6.18 Å². The van der Waals surface area contributed by atoms with E-state index in [0.29, 0.717) is 34.3 Å². The van der Waals surface area contributed by atoms with Gasteiger partial charge in [0.05, 0.1) is 17.2 Å². The highest BCUT2D eigenvalue weighted by Crippen LogP contribution is 2.30. The van der Waals surface area contributed by atoms with Crippen LogP contribution in [0.15, 0.2) is 66.7 Å². The first-order valence-electron chi connectivity index (χ1n) is 9.39. The van der Waals surface area contributed by atoms with Crippen LogP contribution in [-0.2, 0) is 12.8 Å². The number of hydrogen-bond donors (Lipinski definition) is 1. The van der Waals surface area contributed by atoms with Crippen molar-refractivity contribution in [1.29, 1.82) is 0 Å². The summed E-state index contributed by atoms with van der Waals surface area (Å²) in [6.07, 6.45) is -4.44. The highest BCUT2D eigenvalue weighted by molar-refractivity contribution is 6.32. The summed E-state index contributed by atoms with van der Waals surface area (Å²) in [5, 5.41) is 3.04. The number of para-hydroxylation sites is 1. The van der Waals surface area contributed by atoms with Crippen LogP contribution in [0, 0.1) is 0 Å². The monoisotopic (exact) mass is 449 g/mol. The summed E-state index contributed by atoms with van der Waals surface area (Å²) in [4.78, 5) is 12.6. The molecule has 3 aromatic rings. The summed E-state index contributed by atoms with van der Waals surface area (Å²) in [5.41, 5.74) is 0.397. The molecular weight excluding hydrogens is 431 g/mol. The van der Waals surface area contributed by atoms with Gasteiger partial charge in [-0.25, -0.2) is 0 Å². The molecule has 0 aliphatic rings. The van der Waals surface area contributed by atoms with Crippen LogP contribution in [0.2, 0.25) is 5.02 Å². The second kappa shape index (κ2) is 9.75. The fraction of sp³-hybridized carbons (Fsp3) is 0.174. The van der Waals surface area contributed by atoms with E-state index in [0.717, 1.165) is 12.1 Å². The van der Waals surface area contributed by atoms with E-state index in [-0.39, 0.29) is 12.3 Å².